The highest BCUT2D eigenvalue weighted by Gasteiger charge is 2.04. The number of Topliss-reactive ketones (excluding diaryl/α,β-unsaturated/α-hetero) is 1. The molecule has 0 aliphatic rings. The van der Waals surface area contributed by atoms with E-state index in [-0.39, 0.29) is 5.78 Å². The number of fused-ring (bicyclic) bond motifs is 1. The van der Waals surface area contributed by atoms with E-state index in [1.165, 1.54) is 0 Å². The van der Waals surface area contributed by atoms with Crippen molar-refractivity contribution in [1.82, 2.24) is 9.38 Å². The van der Waals surface area contributed by atoms with Crippen molar-refractivity contribution in [2.75, 3.05) is 0 Å². The number of rotatable bonds is 2. The molecule has 3 nitrogen and oxygen atoms in total. The van der Waals surface area contributed by atoms with Crippen molar-refractivity contribution in [3.63, 3.8) is 0 Å². The molecule has 0 amide bonds. The first kappa shape index (κ1) is 10.7. The SMILES string of the molecule is CC(=O)c1ccc(-c2cn3ccccc3n2)cc1. The Bertz CT molecular complexity index is 678. The quantitative estimate of drug-likeness (QED) is 0.640. The summed E-state index contributed by atoms with van der Waals surface area (Å²) in [6.45, 7) is 1.57. The maximum atomic E-state index is 11.2. The third-order valence-electron chi connectivity index (χ3n) is 2.95. The minimum absolute atomic E-state index is 0.0801. The lowest BCUT2D eigenvalue weighted by molar-refractivity contribution is 0.101. The molecular formula is C15H12N2O. The molecule has 0 aliphatic carbocycles. The number of hydrogen-bond acceptors (Lipinski definition) is 2. The van der Waals surface area contributed by atoms with Gasteiger partial charge in [0, 0.05) is 23.5 Å². The summed E-state index contributed by atoms with van der Waals surface area (Å²) in [6.07, 6.45) is 3.95. The number of hydrogen-bond donors (Lipinski definition) is 0. The smallest absolute Gasteiger partial charge is 0.159 e. The summed E-state index contributed by atoms with van der Waals surface area (Å²) in [5, 5.41) is 0. The van der Waals surface area contributed by atoms with Gasteiger partial charge in [0.05, 0.1) is 5.69 Å². The summed E-state index contributed by atoms with van der Waals surface area (Å²) < 4.78 is 1.98. The van der Waals surface area contributed by atoms with E-state index < -0.39 is 0 Å². The van der Waals surface area contributed by atoms with E-state index in [4.69, 9.17) is 0 Å². The van der Waals surface area contributed by atoms with Crippen LogP contribution in [0, 0.1) is 0 Å². The molecule has 3 rings (SSSR count). The van der Waals surface area contributed by atoms with Gasteiger partial charge in [-0.3, -0.25) is 4.79 Å². The molecule has 0 saturated carbocycles. The van der Waals surface area contributed by atoms with E-state index in [9.17, 15) is 4.79 Å². The number of pyridine rings is 1. The second-order valence-electron chi connectivity index (χ2n) is 4.23. The van der Waals surface area contributed by atoms with Crippen LogP contribution < -0.4 is 0 Å². The van der Waals surface area contributed by atoms with Gasteiger partial charge in [-0.15, -0.1) is 0 Å². The van der Waals surface area contributed by atoms with Crippen LogP contribution in [0.4, 0.5) is 0 Å². The van der Waals surface area contributed by atoms with Crippen molar-refractivity contribution in [2.24, 2.45) is 0 Å². The molecule has 2 heterocycles. The van der Waals surface area contributed by atoms with Gasteiger partial charge in [0.1, 0.15) is 5.65 Å². The van der Waals surface area contributed by atoms with Crippen LogP contribution in [0.15, 0.2) is 54.9 Å². The zero-order valence-corrected chi connectivity index (χ0v) is 10.00. The van der Waals surface area contributed by atoms with Crippen LogP contribution in [0.3, 0.4) is 0 Å². The highest BCUT2D eigenvalue weighted by molar-refractivity contribution is 5.94. The van der Waals surface area contributed by atoms with E-state index in [0.29, 0.717) is 0 Å². The van der Waals surface area contributed by atoms with E-state index in [1.807, 2.05) is 59.3 Å². The molecule has 18 heavy (non-hydrogen) atoms. The van der Waals surface area contributed by atoms with Gasteiger partial charge in [-0.1, -0.05) is 30.3 Å². The molecule has 2 aromatic heterocycles. The van der Waals surface area contributed by atoms with Crippen molar-refractivity contribution >= 4 is 11.4 Å². The Kier molecular flexibility index (Phi) is 2.45. The molecule has 0 atom stereocenters. The molecule has 88 valence electrons. The zero-order chi connectivity index (χ0) is 12.5. The minimum atomic E-state index is 0.0801. The van der Waals surface area contributed by atoms with Gasteiger partial charge < -0.3 is 4.40 Å². The van der Waals surface area contributed by atoms with Crippen molar-refractivity contribution in [1.29, 1.82) is 0 Å². The average Bonchev–Trinajstić information content (AvgIpc) is 2.82. The molecule has 0 unspecified atom stereocenters. The van der Waals surface area contributed by atoms with Crippen LogP contribution in [-0.4, -0.2) is 15.2 Å². The number of carbonyl (C=O) groups is 1. The fourth-order valence-corrected chi connectivity index (χ4v) is 1.95. The normalized spacial score (nSPS) is 10.7. The molecule has 0 fully saturated rings. The molecule has 3 heteroatoms. The number of nitrogens with zero attached hydrogens (tertiary/aromatic N) is 2. The van der Waals surface area contributed by atoms with Crippen LogP contribution in [0.5, 0.6) is 0 Å². The van der Waals surface area contributed by atoms with Gasteiger partial charge in [0.25, 0.3) is 0 Å². The Morgan fingerprint density at radius 1 is 1.11 bits per heavy atom. The second-order valence-corrected chi connectivity index (χ2v) is 4.23. The summed E-state index contributed by atoms with van der Waals surface area (Å²) >= 11 is 0. The molecular weight excluding hydrogens is 224 g/mol. The summed E-state index contributed by atoms with van der Waals surface area (Å²) in [4.78, 5) is 15.7. The lowest BCUT2D eigenvalue weighted by atomic mass is 10.1. The molecule has 0 aliphatic heterocycles. The predicted octanol–water partition coefficient (Wildman–Crippen LogP) is 3.20. The first-order chi connectivity index (χ1) is 8.74. The number of ketones is 1. The number of benzene rings is 1. The van der Waals surface area contributed by atoms with Crippen LogP contribution in [0.2, 0.25) is 0 Å². The summed E-state index contributed by atoms with van der Waals surface area (Å²) in [5.41, 5.74) is 3.57. The van der Waals surface area contributed by atoms with Gasteiger partial charge in [-0.2, -0.15) is 0 Å². The van der Waals surface area contributed by atoms with Gasteiger partial charge in [-0.05, 0) is 19.1 Å². The van der Waals surface area contributed by atoms with Crippen molar-refractivity contribution in [3.05, 3.63) is 60.4 Å². The van der Waals surface area contributed by atoms with Crippen molar-refractivity contribution in [2.45, 2.75) is 6.92 Å². The van der Waals surface area contributed by atoms with Gasteiger partial charge in [0.15, 0.2) is 5.78 Å². The van der Waals surface area contributed by atoms with Crippen LogP contribution in [0.1, 0.15) is 17.3 Å². The Morgan fingerprint density at radius 3 is 2.56 bits per heavy atom. The Balaban J connectivity index is 2.06. The number of carbonyl (C=O) groups excluding carboxylic acids is 1. The average molecular weight is 236 g/mol. The van der Waals surface area contributed by atoms with E-state index in [1.54, 1.807) is 6.92 Å². The van der Waals surface area contributed by atoms with Gasteiger partial charge in [0.2, 0.25) is 0 Å². The predicted molar refractivity (Wildman–Crippen MR) is 70.6 cm³/mol. The van der Waals surface area contributed by atoms with E-state index >= 15 is 0 Å². The Labute approximate surface area is 105 Å². The van der Waals surface area contributed by atoms with Crippen molar-refractivity contribution in [3.8, 4) is 11.3 Å². The molecule has 0 saturated heterocycles. The summed E-state index contributed by atoms with van der Waals surface area (Å²) in [6, 6.07) is 13.4. The van der Waals surface area contributed by atoms with Crippen LogP contribution in [-0.2, 0) is 0 Å². The largest absolute Gasteiger partial charge is 0.306 e. The lowest BCUT2D eigenvalue weighted by Gasteiger charge is -1.98. The third-order valence-corrected chi connectivity index (χ3v) is 2.95. The highest BCUT2D eigenvalue weighted by atomic mass is 16.1. The molecule has 0 spiro atoms. The Hall–Kier alpha value is -2.42. The van der Waals surface area contributed by atoms with E-state index in [2.05, 4.69) is 4.98 Å². The zero-order valence-electron chi connectivity index (χ0n) is 10.00. The standard InChI is InChI=1S/C15H12N2O/c1-11(18)12-5-7-13(8-6-12)14-10-17-9-3-2-4-15(17)16-14/h2-10H,1H3. The third kappa shape index (κ3) is 1.80. The lowest BCUT2D eigenvalue weighted by Crippen LogP contribution is -1.90. The van der Waals surface area contributed by atoms with Crippen LogP contribution >= 0.6 is 0 Å². The maximum absolute atomic E-state index is 11.2. The first-order valence-corrected chi connectivity index (χ1v) is 5.79. The second kappa shape index (κ2) is 4.11. The Morgan fingerprint density at radius 2 is 1.89 bits per heavy atom. The van der Waals surface area contributed by atoms with Gasteiger partial charge >= 0.3 is 0 Å². The molecule has 1 aromatic carbocycles. The number of aromatic nitrogens is 2. The monoisotopic (exact) mass is 236 g/mol. The van der Waals surface area contributed by atoms with Crippen LogP contribution in [0.25, 0.3) is 16.9 Å². The molecule has 3 aromatic rings. The fourth-order valence-electron chi connectivity index (χ4n) is 1.95. The van der Waals surface area contributed by atoms with E-state index in [0.717, 1.165) is 22.5 Å². The highest BCUT2D eigenvalue weighted by Crippen LogP contribution is 2.19. The molecule has 0 N–H and O–H groups in total. The fraction of sp³-hybridized carbons (Fsp3) is 0.0667. The summed E-state index contributed by atoms with van der Waals surface area (Å²) in [5.74, 6) is 0.0801. The first-order valence-electron chi connectivity index (χ1n) is 5.79. The van der Waals surface area contributed by atoms with Crippen molar-refractivity contribution < 1.29 is 4.79 Å². The summed E-state index contributed by atoms with van der Waals surface area (Å²) in [7, 11) is 0. The minimum Gasteiger partial charge on any atom is -0.306 e. The molecule has 0 radical (unpaired) electrons. The molecule has 0 bridgehead atoms. The maximum Gasteiger partial charge on any atom is 0.159 e. The topological polar surface area (TPSA) is 34.4 Å². The number of imidazole rings is 1. The van der Waals surface area contributed by atoms with Gasteiger partial charge in [-0.25, -0.2) is 4.98 Å².